The fraction of sp³-hybridized carbons (Fsp3) is 0.750. The van der Waals surface area contributed by atoms with E-state index >= 15 is 0 Å². The average Bonchev–Trinajstić information content (AvgIpc) is 2.97. The van der Waals surface area contributed by atoms with Crippen molar-refractivity contribution in [1.82, 2.24) is 0 Å². The predicted octanol–water partition coefficient (Wildman–Crippen LogP) is 4.17. The van der Waals surface area contributed by atoms with Crippen molar-refractivity contribution in [2.75, 3.05) is 7.11 Å². The minimum atomic E-state index is -0.188. The molecule has 0 spiro atoms. The molecule has 0 heterocycles. The fourth-order valence-corrected chi connectivity index (χ4v) is 3.05. The predicted molar refractivity (Wildman–Crippen MR) is 72.9 cm³/mol. The largest absolute Gasteiger partial charge is 0.469 e. The molecule has 1 saturated carbocycles. The first-order valence-electron chi connectivity index (χ1n) is 5.69. The van der Waals surface area contributed by atoms with Gasteiger partial charge in [-0.05, 0) is 19.3 Å². The molecule has 0 radical (unpaired) electrons. The first kappa shape index (κ1) is 14.2. The number of hydrogen-bond donors (Lipinski definition) is 0. The number of halogens is 2. The van der Waals surface area contributed by atoms with Gasteiger partial charge in [0.05, 0.1) is 17.4 Å². The lowest BCUT2D eigenvalue weighted by Gasteiger charge is -2.07. The molecule has 1 rings (SSSR count). The van der Waals surface area contributed by atoms with Gasteiger partial charge in [0, 0.05) is 4.48 Å². The van der Waals surface area contributed by atoms with Gasteiger partial charge in [-0.3, -0.25) is 4.79 Å². The molecular formula is C12H18Br2O2. The first-order valence-corrected chi connectivity index (χ1v) is 7.27. The topological polar surface area (TPSA) is 26.3 Å². The highest BCUT2D eigenvalue weighted by Gasteiger charge is 2.59. The summed E-state index contributed by atoms with van der Waals surface area (Å²) in [7, 11) is 1.44. The number of rotatable bonds is 6. The standard InChI is InChI=1S/C12H18Br2O2/c1-3-4-5-6-7-10(13)12(14)8-9(12)11(15)16-2/h7,9H,3-6,8H2,1-2H3/b10-7-. The van der Waals surface area contributed by atoms with Crippen molar-refractivity contribution >= 4 is 37.8 Å². The van der Waals surface area contributed by atoms with E-state index in [1.54, 1.807) is 0 Å². The summed E-state index contributed by atoms with van der Waals surface area (Å²) in [6, 6.07) is 0. The van der Waals surface area contributed by atoms with Crippen LogP contribution in [0.3, 0.4) is 0 Å². The maximum Gasteiger partial charge on any atom is 0.310 e. The summed E-state index contributed by atoms with van der Waals surface area (Å²) in [5.74, 6) is -0.162. The van der Waals surface area contributed by atoms with Gasteiger partial charge in [-0.25, -0.2) is 0 Å². The van der Waals surface area contributed by atoms with Gasteiger partial charge in [-0.2, -0.15) is 0 Å². The van der Waals surface area contributed by atoms with Crippen LogP contribution in [-0.2, 0) is 9.53 Å². The quantitative estimate of drug-likeness (QED) is 0.407. The van der Waals surface area contributed by atoms with Gasteiger partial charge < -0.3 is 4.74 Å². The Labute approximate surface area is 114 Å². The van der Waals surface area contributed by atoms with Crippen molar-refractivity contribution in [3.8, 4) is 0 Å². The number of esters is 1. The Bertz CT molecular complexity index is 289. The normalized spacial score (nSPS) is 29.0. The van der Waals surface area contributed by atoms with Gasteiger partial charge in [0.2, 0.25) is 0 Å². The van der Waals surface area contributed by atoms with Crippen molar-refractivity contribution in [3.05, 3.63) is 10.6 Å². The fourth-order valence-electron chi connectivity index (χ4n) is 1.71. The molecule has 92 valence electrons. The van der Waals surface area contributed by atoms with Crippen LogP contribution >= 0.6 is 31.9 Å². The number of ether oxygens (including phenoxy) is 1. The van der Waals surface area contributed by atoms with Crippen LogP contribution in [0, 0.1) is 5.92 Å². The molecule has 0 aromatic rings. The van der Waals surface area contributed by atoms with Gasteiger partial charge in [-0.15, -0.1) is 0 Å². The second-order valence-corrected chi connectivity index (χ2v) is 6.46. The van der Waals surface area contributed by atoms with E-state index in [4.69, 9.17) is 4.74 Å². The molecule has 2 nitrogen and oxygen atoms in total. The van der Waals surface area contributed by atoms with Gasteiger partial charge >= 0.3 is 5.97 Å². The highest BCUT2D eigenvalue weighted by molar-refractivity contribution is 9.14. The number of carbonyl (C=O) groups excluding carboxylic acids is 1. The molecule has 1 fully saturated rings. The molecule has 0 aliphatic heterocycles. The first-order chi connectivity index (χ1) is 7.56. The van der Waals surface area contributed by atoms with Crippen molar-refractivity contribution in [2.45, 2.75) is 43.4 Å². The second kappa shape index (κ2) is 6.20. The Morgan fingerprint density at radius 1 is 1.56 bits per heavy atom. The molecule has 0 N–H and O–H groups in total. The van der Waals surface area contributed by atoms with Crippen LogP contribution in [-0.4, -0.2) is 17.4 Å². The second-order valence-electron chi connectivity index (χ2n) is 4.19. The van der Waals surface area contributed by atoms with Gasteiger partial charge in [0.15, 0.2) is 0 Å². The number of alkyl halides is 1. The highest BCUT2D eigenvalue weighted by atomic mass is 79.9. The van der Waals surface area contributed by atoms with E-state index in [1.807, 2.05) is 0 Å². The number of hydrogen-bond acceptors (Lipinski definition) is 2. The molecule has 0 saturated heterocycles. The summed E-state index contributed by atoms with van der Waals surface area (Å²) in [6.45, 7) is 2.19. The number of allylic oxidation sites excluding steroid dienone is 2. The lowest BCUT2D eigenvalue weighted by Crippen LogP contribution is -2.12. The third-order valence-electron chi connectivity index (χ3n) is 2.91. The summed E-state index contributed by atoms with van der Waals surface area (Å²) < 4.78 is 5.65. The van der Waals surface area contributed by atoms with Crippen LogP contribution in [0.2, 0.25) is 0 Å². The van der Waals surface area contributed by atoms with E-state index in [9.17, 15) is 4.79 Å². The molecule has 1 aliphatic carbocycles. The maximum absolute atomic E-state index is 11.4. The summed E-state index contributed by atoms with van der Waals surface area (Å²) in [6.07, 6.45) is 7.76. The summed E-state index contributed by atoms with van der Waals surface area (Å²) >= 11 is 7.17. The smallest absolute Gasteiger partial charge is 0.310 e. The SMILES string of the molecule is CCCCC/C=C(\Br)C1(Br)CC1C(=O)OC. The molecule has 16 heavy (non-hydrogen) atoms. The van der Waals surface area contributed by atoms with Crippen molar-refractivity contribution in [2.24, 2.45) is 5.92 Å². The Morgan fingerprint density at radius 3 is 2.81 bits per heavy atom. The Kier molecular flexibility index (Phi) is 5.51. The zero-order chi connectivity index (χ0) is 12.2. The minimum Gasteiger partial charge on any atom is -0.469 e. The van der Waals surface area contributed by atoms with Crippen LogP contribution in [0.15, 0.2) is 10.6 Å². The zero-order valence-electron chi connectivity index (χ0n) is 9.76. The molecule has 2 atom stereocenters. The molecule has 4 heteroatoms. The van der Waals surface area contributed by atoms with Crippen molar-refractivity contribution < 1.29 is 9.53 Å². The van der Waals surface area contributed by atoms with Crippen LogP contribution in [0.1, 0.15) is 39.0 Å². The van der Waals surface area contributed by atoms with E-state index in [1.165, 1.54) is 26.4 Å². The molecule has 1 aliphatic rings. The number of unbranched alkanes of at least 4 members (excludes halogenated alkanes) is 3. The van der Waals surface area contributed by atoms with Crippen molar-refractivity contribution in [1.29, 1.82) is 0 Å². The average molecular weight is 354 g/mol. The molecule has 0 aromatic carbocycles. The van der Waals surface area contributed by atoms with E-state index in [2.05, 4.69) is 44.9 Å². The monoisotopic (exact) mass is 352 g/mol. The number of methoxy groups -OCH3 is 1. The third-order valence-corrected chi connectivity index (χ3v) is 5.77. The van der Waals surface area contributed by atoms with Crippen LogP contribution in [0.4, 0.5) is 0 Å². The van der Waals surface area contributed by atoms with Crippen LogP contribution in [0.25, 0.3) is 0 Å². The molecular weight excluding hydrogens is 336 g/mol. The van der Waals surface area contributed by atoms with E-state index in [0.29, 0.717) is 0 Å². The molecule has 0 aromatic heterocycles. The molecule has 0 bridgehead atoms. The third kappa shape index (κ3) is 3.33. The maximum atomic E-state index is 11.4. The van der Waals surface area contributed by atoms with Gasteiger partial charge in [0.1, 0.15) is 0 Å². The lowest BCUT2D eigenvalue weighted by molar-refractivity contribution is -0.142. The summed E-state index contributed by atoms with van der Waals surface area (Å²) in [5, 5.41) is 0. The van der Waals surface area contributed by atoms with Crippen LogP contribution < -0.4 is 0 Å². The van der Waals surface area contributed by atoms with E-state index in [0.717, 1.165) is 17.3 Å². The van der Waals surface area contributed by atoms with Gasteiger partial charge in [-0.1, -0.05) is 57.7 Å². The Morgan fingerprint density at radius 2 is 2.25 bits per heavy atom. The highest BCUT2D eigenvalue weighted by Crippen LogP contribution is 2.58. The summed E-state index contributed by atoms with van der Waals surface area (Å²) in [4.78, 5) is 11.4. The number of carbonyl (C=O) groups is 1. The van der Waals surface area contributed by atoms with E-state index < -0.39 is 0 Å². The van der Waals surface area contributed by atoms with Crippen LogP contribution in [0.5, 0.6) is 0 Å². The van der Waals surface area contributed by atoms with E-state index in [-0.39, 0.29) is 16.2 Å². The Balaban J connectivity index is 2.43. The van der Waals surface area contributed by atoms with Gasteiger partial charge in [0.25, 0.3) is 0 Å². The molecule has 0 amide bonds. The Hall–Kier alpha value is 0.170. The molecule has 2 unspecified atom stereocenters. The summed E-state index contributed by atoms with van der Waals surface area (Å²) in [5.41, 5.74) is 0. The lowest BCUT2D eigenvalue weighted by atomic mass is 10.2. The zero-order valence-corrected chi connectivity index (χ0v) is 12.9. The van der Waals surface area contributed by atoms with Crippen molar-refractivity contribution in [3.63, 3.8) is 0 Å². The minimum absolute atomic E-state index is 0.0331.